The number of para-hydroxylation sites is 1. The first-order valence-corrected chi connectivity index (χ1v) is 7.89. The number of amides is 2. The molecule has 2 N–H and O–H groups in total. The Morgan fingerprint density at radius 3 is 2.15 bits per heavy atom. The molecule has 0 unspecified atom stereocenters. The summed E-state index contributed by atoms with van der Waals surface area (Å²) in [7, 11) is -3.88. The molecule has 7 heteroatoms. The van der Waals surface area contributed by atoms with Crippen molar-refractivity contribution in [2.24, 2.45) is 0 Å². The molecular formula is C13H11BrN2O3S. The monoisotopic (exact) mass is 354 g/mol. The number of hydrogen-bond donors (Lipinski definition) is 2. The largest absolute Gasteiger partial charge is 0.333 e. The van der Waals surface area contributed by atoms with E-state index in [0.29, 0.717) is 5.69 Å². The molecule has 0 spiro atoms. The van der Waals surface area contributed by atoms with Crippen molar-refractivity contribution in [3.63, 3.8) is 0 Å². The third-order valence-electron chi connectivity index (χ3n) is 2.38. The Bertz CT molecular complexity index is 700. The van der Waals surface area contributed by atoms with E-state index in [4.69, 9.17) is 0 Å². The highest BCUT2D eigenvalue weighted by Gasteiger charge is 2.17. The zero-order valence-electron chi connectivity index (χ0n) is 10.2. The average Bonchev–Trinajstić information content (AvgIpc) is 2.39. The molecule has 0 aliphatic heterocycles. The predicted octanol–water partition coefficient (Wildman–Crippen LogP) is 2.96. The molecule has 2 rings (SSSR count). The third kappa shape index (κ3) is 3.82. The van der Waals surface area contributed by atoms with Crippen LogP contribution < -0.4 is 10.0 Å². The number of rotatable bonds is 3. The smallest absolute Gasteiger partial charge is 0.307 e. The summed E-state index contributed by atoms with van der Waals surface area (Å²) in [5.74, 6) is 0. The van der Waals surface area contributed by atoms with Crippen molar-refractivity contribution in [3.8, 4) is 0 Å². The van der Waals surface area contributed by atoms with E-state index in [2.05, 4.69) is 21.2 Å². The van der Waals surface area contributed by atoms with E-state index >= 15 is 0 Å². The van der Waals surface area contributed by atoms with Crippen LogP contribution in [0.4, 0.5) is 10.5 Å². The zero-order chi connectivity index (χ0) is 14.6. The van der Waals surface area contributed by atoms with Gasteiger partial charge in [-0.25, -0.2) is 17.9 Å². The van der Waals surface area contributed by atoms with E-state index < -0.39 is 16.1 Å². The maximum atomic E-state index is 12.0. The fourth-order valence-corrected chi connectivity index (χ4v) is 2.64. The molecule has 2 amide bonds. The molecule has 0 aromatic heterocycles. The predicted molar refractivity (Wildman–Crippen MR) is 79.9 cm³/mol. The second-order valence-electron chi connectivity index (χ2n) is 3.88. The Morgan fingerprint density at radius 1 is 0.950 bits per heavy atom. The summed E-state index contributed by atoms with van der Waals surface area (Å²) in [5, 5.41) is 2.44. The fraction of sp³-hybridized carbons (Fsp3) is 0. The second kappa shape index (κ2) is 6.06. The maximum Gasteiger partial charge on any atom is 0.333 e. The summed E-state index contributed by atoms with van der Waals surface area (Å²) in [6.07, 6.45) is 0. The Hall–Kier alpha value is -1.86. The van der Waals surface area contributed by atoms with Crippen LogP contribution in [0.1, 0.15) is 0 Å². The number of urea groups is 1. The first-order valence-electron chi connectivity index (χ1n) is 5.62. The topological polar surface area (TPSA) is 75.3 Å². The number of sulfonamides is 1. The molecule has 0 radical (unpaired) electrons. The summed E-state index contributed by atoms with van der Waals surface area (Å²) in [6, 6.07) is 13.8. The van der Waals surface area contributed by atoms with Gasteiger partial charge in [0.15, 0.2) is 0 Å². The number of benzene rings is 2. The van der Waals surface area contributed by atoms with Crippen molar-refractivity contribution in [3.05, 3.63) is 59.1 Å². The van der Waals surface area contributed by atoms with E-state index in [-0.39, 0.29) is 4.90 Å². The molecule has 0 fully saturated rings. The van der Waals surface area contributed by atoms with Crippen LogP contribution in [0.3, 0.4) is 0 Å². The molecule has 0 saturated heterocycles. The number of halogens is 1. The molecule has 0 atom stereocenters. The number of nitrogens with one attached hydrogen (secondary N) is 2. The minimum atomic E-state index is -3.88. The van der Waals surface area contributed by atoms with Crippen LogP contribution in [0.5, 0.6) is 0 Å². The van der Waals surface area contributed by atoms with E-state index in [0.717, 1.165) is 4.47 Å². The van der Waals surface area contributed by atoms with Gasteiger partial charge in [0.2, 0.25) is 0 Å². The Morgan fingerprint density at radius 2 is 1.55 bits per heavy atom. The highest BCUT2D eigenvalue weighted by Crippen LogP contribution is 2.14. The van der Waals surface area contributed by atoms with Gasteiger partial charge in [-0.1, -0.05) is 34.1 Å². The molecule has 0 saturated carbocycles. The first-order chi connectivity index (χ1) is 9.47. The van der Waals surface area contributed by atoms with Gasteiger partial charge in [-0.15, -0.1) is 0 Å². The highest BCUT2D eigenvalue weighted by molar-refractivity contribution is 9.10. The lowest BCUT2D eigenvalue weighted by Crippen LogP contribution is -2.34. The van der Waals surface area contributed by atoms with Gasteiger partial charge in [0.25, 0.3) is 10.0 Å². The van der Waals surface area contributed by atoms with Crippen LogP contribution in [0, 0.1) is 0 Å². The molecule has 20 heavy (non-hydrogen) atoms. The lowest BCUT2D eigenvalue weighted by molar-refractivity contribution is 0.256. The van der Waals surface area contributed by atoms with Gasteiger partial charge in [-0.05, 0) is 36.4 Å². The van der Waals surface area contributed by atoms with Gasteiger partial charge in [-0.2, -0.15) is 0 Å². The summed E-state index contributed by atoms with van der Waals surface area (Å²) in [4.78, 5) is 11.7. The first kappa shape index (κ1) is 14.5. The Balaban J connectivity index is 2.08. The van der Waals surface area contributed by atoms with E-state index in [1.807, 2.05) is 4.72 Å². The SMILES string of the molecule is O=C(Nc1ccccc1)NS(=O)(=O)c1ccc(Br)cc1. The lowest BCUT2D eigenvalue weighted by atomic mass is 10.3. The van der Waals surface area contributed by atoms with Crippen LogP contribution in [-0.2, 0) is 10.0 Å². The van der Waals surface area contributed by atoms with E-state index in [1.54, 1.807) is 42.5 Å². The average molecular weight is 355 g/mol. The number of hydrogen-bond acceptors (Lipinski definition) is 3. The molecule has 0 heterocycles. The molecule has 2 aromatic carbocycles. The van der Waals surface area contributed by atoms with Crippen molar-refractivity contribution in [1.82, 2.24) is 4.72 Å². The maximum absolute atomic E-state index is 12.0. The van der Waals surface area contributed by atoms with E-state index in [1.165, 1.54) is 12.1 Å². The van der Waals surface area contributed by atoms with Crippen LogP contribution in [0.15, 0.2) is 64.0 Å². The van der Waals surface area contributed by atoms with Crippen LogP contribution >= 0.6 is 15.9 Å². The summed E-state index contributed by atoms with van der Waals surface area (Å²) >= 11 is 3.21. The fourth-order valence-electron chi connectivity index (χ4n) is 1.47. The number of anilines is 1. The van der Waals surface area contributed by atoms with Crippen molar-refractivity contribution in [2.45, 2.75) is 4.90 Å². The molecule has 2 aromatic rings. The molecule has 104 valence electrons. The van der Waals surface area contributed by atoms with Crippen LogP contribution in [0.25, 0.3) is 0 Å². The minimum absolute atomic E-state index is 0.0175. The van der Waals surface area contributed by atoms with Gasteiger partial charge in [0, 0.05) is 10.2 Å². The summed E-state index contributed by atoms with van der Waals surface area (Å²) in [5.41, 5.74) is 0.510. The standard InChI is InChI=1S/C13H11BrN2O3S/c14-10-6-8-12(9-7-10)20(18,19)16-13(17)15-11-4-2-1-3-5-11/h1-9H,(H2,15,16,17). The van der Waals surface area contributed by atoms with Gasteiger partial charge in [0.05, 0.1) is 4.90 Å². The van der Waals surface area contributed by atoms with Gasteiger partial charge >= 0.3 is 6.03 Å². The van der Waals surface area contributed by atoms with Gasteiger partial charge in [-0.3, -0.25) is 0 Å². The van der Waals surface area contributed by atoms with Crippen LogP contribution in [0.2, 0.25) is 0 Å². The normalized spacial score (nSPS) is 10.8. The molecule has 0 bridgehead atoms. The van der Waals surface area contributed by atoms with Crippen molar-refractivity contribution in [1.29, 1.82) is 0 Å². The van der Waals surface area contributed by atoms with Crippen LogP contribution in [-0.4, -0.2) is 14.4 Å². The lowest BCUT2D eigenvalue weighted by Gasteiger charge is -2.08. The van der Waals surface area contributed by atoms with Crippen molar-refractivity contribution >= 4 is 37.7 Å². The summed E-state index contributed by atoms with van der Waals surface area (Å²) in [6.45, 7) is 0. The van der Waals surface area contributed by atoms with Crippen molar-refractivity contribution < 1.29 is 13.2 Å². The van der Waals surface area contributed by atoms with Crippen molar-refractivity contribution in [2.75, 3.05) is 5.32 Å². The van der Waals surface area contributed by atoms with E-state index in [9.17, 15) is 13.2 Å². The quantitative estimate of drug-likeness (QED) is 0.889. The minimum Gasteiger partial charge on any atom is -0.307 e. The highest BCUT2D eigenvalue weighted by atomic mass is 79.9. The zero-order valence-corrected chi connectivity index (χ0v) is 12.6. The van der Waals surface area contributed by atoms with Gasteiger partial charge in [0.1, 0.15) is 0 Å². The second-order valence-corrected chi connectivity index (χ2v) is 6.48. The molecule has 5 nitrogen and oxygen atoms in total. The Kier molecular flexibility index (Phi) is 4.41. The molecular weight excluding hydrogens is 344 g/mol. The summed E-state index contributed by atoms with van der Waals surface area (Å²) < 4.78 is 26.6. The molecule has 0 aliphatic carbocycles. The third-order valence-corrected chi connectivity index (χ3v) is 4.26. The molecule has 0 aliphatic rings. The number of carbonyl (C=O) groups is 1. The van der Waals surface area contributed by atoms with Gasteiger partial charge < -0.3 is 5.32 Å². The number of carbonyl (C=O) groups excluding carboxylic acids is 1. The Labute approximate surface area is 125 Å².